The molecule has 0 spiro atoms. The Kier molecular flexibility index (Phi) is 3.11. The fraction of sp³-hybridized carbons (Fsp3) is 0.556. The van der Waals surface area contributed by atoms with Crippen molar-refractivity contribution in [3.05, 3.63) is 17.5 Å². The molecule has 1 aliphatic rings. The van der Waals surface area contributed by atoms with Crippen LogP contribution in [0.15, 0.2) is 21.7 Å². The zero-order valence-electron chi connectivity index (χ0n) is 8.30. The van der Waals surface area contributed by atoms with Crippen LogP contribution in [0, 0.1) is 5.92 Å². The van der Waals surface area contributed by atoms with Crippen LogP contribution >= 0.6 is 11.3 Å². The zero-order valence-corrected chi connectivity index (χ0v) is 9.93. The Balaban J connectivity index is 2.18. The van der Waals surface area contributed by atoms with Gasteiger partial charge in [0, 0.05) is 13.1 Å². The molecule has 2 N–H and O–H groups in total. The van der Waals surface area contributed by atoms with Gasteiger partial charge in [0.15, 0.2) is 0 Å². The molecule has 2 rings (SSSR count). The van der Waals surface area contributed by atoms with E-state index in [0.29, 0.717) is 29.8 Å². The minimum Gasteiger partial charge on any atom is -0.330 e. The quantitative estimate of drug-likeness (QED) is 0.854. The average Bonchev–Trinajstić information content (AvgIpc) is 2.89. The van der Waals surface area contributed by atoms with Crippen LogP contribution in [0.5, 0.6) is 0 Å². The predicted octanol–water partition coefficient (Wildman–Crippen LogP) is 0.717. The van der Waals surface area contributed by atoms with Crippen LogP contribution in [0.4, 0.5) is 0 Å². The third-order valence-corrected chi connectivity index (χ3v) is 5.91. The highest BCUT2D eigenvalue weighted by atomic mass is 32.2. The summed E-state index contributed by atoms with van der Waals surface area (Å²) >= 11 is 1.26. The first kappa shape index (κ1) is 11.1. The number of hydrogen-bond acceptors (Lipinski definition) is 4. The molecule has 4 nitrogen and oxygen atoms in total. The summed E-state index contributed by atoms with van der Waals surface area (Å²) in [5.74, 6) is 0.319. The largest absolute Gasteiger partial charge is 0.330 e. The van der Waals surface area contributed by atoms with E-state index in [9.17, 15) is 8.42 Å². The molecule has 0 aliphatic carbocycles. The maximum atomic E-state index is 12.1. The van der Waals surface area contributed by atoms with E-state index < -0.39 is 10.0 Å². The third kappa shape index (κ3) is 2.08. The standard InChI is InChI=1S/C9H14N2O2S2/c10-6-8-3-4-11(7-8)15(12,13)9-2-1-5-14-9/h1-2,5,8H,3-4,6-7,10H2. The first-order valence-corrected chi connectivity index (χ1v) is 7.20. The molecule has 1 unspecified atom stereocenters. The Morgan fingerprint density at radius 2 is 2.40 bits per heavy atom. The van der Waals surface area contributed by atoms with E-state index in [4.69, 9.17) is 5.73 Å². The van der Waals surface area contributed by atoms with Gasteiger partial charge >= 0.3 is 0 Å². The van der Waals surface area contributed by atoms with Crippen LogP contribution in [0.25, 0.3) is 0 Å². The first-order chi connectivity index (χ1) is 7.14. The molecule has 0 saturated carbocycles. The van der Waals surface area contributed by atoms with Crippen LogP contribution in [-0.2, 0) is 10.0 Å². The molecule has 1 aromatic heterocycles. The average molecular weight is 246 g/mol. The SMILES string of the molecule is NCC1CCN(S(=O)(=O)c2cccs2)C1. The minimum atomic E-state index is -3.24. The number of thiophene rings is 1. The van der Waals surface area contributed by atoms with Crippen molar-refractivity contribution in [2.24, 2.45) is 11.7 Å². The summed E-state index contributed by atoms with van der Waals surface area (Å²) in [4.78, 5) is 0. The van der Waals surface area contributed by atoms with E-state index in [1.807, 2.05) is 0 Å². The molecule has 0 amide bonds. The van der Waals surface area contributed by atoms with E-state index in [2.05, 4.69) is 0 Å². The lowest BCUT2D eigenvalue weighted by molar-refractivity contribution is 0.460. The lowest BCUT2D eigenvalue weighted by Crippen LogP contribution is -2.29. The number of nitrogens with zero attached hydrogens (tertiary/aromatic N) is 1. The molecule has 2 heterocycles. The van der Waals surface area contributed by atoms with Crippen molar-refractivity contribution in [3.63, 3.8) is 0 Å². The molecule has 1 fully saturated rings. The van der Waals surface area contributed by atoms with Gasteiger partial charge in [0.1, 0.15) is 4.21 Å². The van der Waals surface area contributed by atoms with Crippen molar-refractivity contribution in [3.8, 4) is 0 Å². The Hall–Kier alpha value is -0.430. The number of hydrogen-bond donors (Lipinski definition) is 1. The Bertz CT molecular complexity index is 413. The second-order valence-electron chi connectivity index (χ2n) is 3.69. The highest BCUT2D eigenvalue weighted by molar-refractivity contribution is 7.91. The van der Waals surface area contributed by atoms with Gasteiger partial charge in [-0.2, -0.15) is 4.31 Å². The van der Waals surface area contributed by atoms with Gasteiger partial charge in [-0.3, -0.25) is 0 Å². The normalized spacial score (nSPS) is 23.4. The predicted molar refractivity (Wildman–Crippen MR) is 60.2 cm³/mol. The van der Waals surface area contributed by atoms with Crippen LogP contribution in [0.2, 0.25) is 0 Å². The second kappa shape index (κ2) is 4.21. The minimum absolute atomic E-state index is 0.319. The summed E-state index contributed by atoms with van der Waals surface area (Å²) < 4.78 is 26.1. The van der Waals surface area contributed by atoms with Gasteiger partial charge in [-0.05, 0) is 30.3 Å². The molecule has 1 aromatic rings. The fourth-order valence-electron chi connectivity index (χ4n) is 1.75. The van der Waals surface area contributed by atoms with Crippen molar-refractivity contribution < 1.29 is 8.42 Å². The summed E-state index contributed by atoms with van der Waals surface area (Å²) in [6.45, 7) is 1.73. The summed E-state index contributed by atoms with van der Waals surface area (Å²) in [5.41, 5.74) is 5.54. The third-order valence-electron chi connectivity index (χ3n) is 2.67. The monoisotopic (exact) mass is 246 g/mol. The summed E-state index contributed by atoms with van der Waals surface area (Å²) in [6.07, 6.45) is 0.876. The topological polar surface area (TPSA) is 63.4 Å². The number of sulfonamides is 1. The lowest BCUT2D eigenvalue weighted by Gasteiger charge is -2.14. The molecular formula is C9H14N2O2S2. The van der Waals surface area contributed by atoms with E-state index in [1.54, 1.807) is 17.5 Å². The molecule has 0 aromatic carbocycles. The van der Waals surface area contributed by atoms with Gasteiger partial charge < -0.3 is 5.73 Å². The van der Waals surface area contributed by atoms with Gasteiger partial charge in [0.2, 0.25) is 0 Å². The highest BCUT2D eigenvalue weighted by Gasteiger charge is 2.32. The van der Waals surface area contributed by atoms with Crippen molar-refractivity contribution >= 4 is 21.4 Å². The van der Waals surface area contributed by atoms with E-state index in [1.165, 1.54) is 15.6 Å². The summed E-state index contributed by atoms with van der Waals surface area (Å²) in [6, 6.07) is 3.41. The summed E-state index contributed by atoms with van der Waals surface area (Å²) in [7, 11) is -3.24. The molecule has 0 radical (unpaired) electrons. The molecule has 15 heavy (non-hydrogen) atoms. The Labute approximate surface area is 93.8 Å². The highest BCUT2D eigenvalue weighted by Crippen LogP contribution is 2.26. The maximum absolute atomic E-state index is 12.1. The first-order valence-electron chi connectivity index (χ1n) is 4.88. The Morgan fingerprint density at radius 3 is 2.93 bits per heavy atom. The van der Waals surface area contributed by atoms with Gasteiger partial charge in [0.05, 0.1) is 0 Å². The van der Waals surface area contributed by atoms with Crippen LogP contribution in [0.3, 0.4) is 0 Å². The summed E-state index contributed by atoms with van der Waals surface area (Å²) in [5, 5.41) is 1.78. The maximum Gasteiger partial charge on any atom is 0.252 e. The molecular weight excluding hydrogens is 232 g/mol. The molecule has 0 bridgehead atoms. The van der Waals surface area contributed by atoms with Crippen LogP contribution in [0.1, 0.15) is 6.42 Å². The van der Waals surface area contributed by atoms with Gasteiger partial charge in [-0.25, -0.2) is 8.42 Å². The molecule has 84 valence electrons. The molecule has 1 atom stereocenters. The van der Waals surface area contributed by atoms with Crippen molar-refractivity contribution in [1.29, 1.82) is 0 Å². The smallest absolute Gasteiger partial charge is 0.252 e. The molecule has 1 aliphatic heterocycles. The van der Waals surface area contributed by atoms with Crippen molar-refractivity contribution in [2.45, 2.75) is 10.6 Å². The number of nitrogens with two attached hydrogens (primary N) is 1. The second-order valence-corrected chi connectivity index (χ2v) is 6.80. The Morgan fingerprint density at radius 1 is 1.60 bits per heavy atom. The van der Waals surface area contributed by atoms with Crippen LogP contribution in [-0.4, -0.2) is 32.4 Å². The van der Waals surface area contributed by atoms with Crippen molar-refractivity contribution in [2.75, 3.05) is 19.6 Å². The lowest BCUT2D eigenvalue weighted by atomic mass is 10.1. The van der Waals surface area contributed by atoms with E-state index in [-0.39, 0.29) is 0 Å². The number of rotatable bonds is 3. The van der Waals surface area contributed by atoms with E-state index >= 15 is 0 Å². The van der Waals surface area contributed by atoms with E-state index in [0.717, 1.165) is 6.42 Å². The molecule has 1 saturated heterocycles. The van der Waals surface area contributed by atoms with Crippen LogP contribution < -0.4 is 5.73 Å². The van der Waals surface area contributed by atoms with Crippen molar-refractivity contribution in [1.82, 2.24) is 4.31 Å². The fourth-order valence-corrected chi connectivity index (χ4v) is 4.42. The van der Waals surface area contributed by atoms with Gasteiger partial charge in [-0.15, -0.1) is 11.3 Å². The zero-order chi connectivity index (χ0) is 10.9. The van der Waals surface area contributed by atoms with Gasteiger partial charge in [-0.1, -0.05) is 6.07 Å². The molecule has 6 heteroatoms. The van der Waals surface area contributed by atoms with Gasteiger partial charge in [0.25, 0.3) is 10.0 Å².